The fraction of sp³-hybridized carbons (Fsp3) is 0.455. The lowest BCUT2D eigenvalue weighted by molar-refractivity contribution is -0.117. The van der Waals surface area contributed by atoms with Gasteiger partial charge < -0.3 is 10.6 Å². The minimum atomic E-state index is -0.530. The Kier molecular flexibility index (Phi) is 7.66. The summed E-state index contributed by atoms with van der Waals surface area (Å²) in [6.07, 6.45) is 2.54. The fourth-order valence-corrected chi connectivity index (χ4v) is 2.65. The summed E-state index contributed by atoms with van der Waals surface area (Å²) in [5.74, 6) is -0.265. The predicted octanol–water partition coefficient (Wildman–Crippen LogP) is 1.46. The van der Waals surface area contributed by atoms with Crippen LogP contribution in [-0.2, 0) is 4.79 Å². The summed E-state index contributed by atoms with van der Waals surface area (Å²) in [5, 5.41) is 16.4. The minimum Gasteiger partial charge on any atom is -0.360 e. The minimum absolute atomic E-state index is 0.115. The van der Waals surface area contributed by atoms with Crippen molar-refractivity contribution in [3.05, 3.63) is 12.7 Å². The molecule has 0 fully saturated rings. The van der Waals surface area contributed by atoms with Gasteiger partial charge in [0.15, 0.2) is 4.34 Å². The van der Waals surface area contributed by atoms with Gasteiger partial charge in [-0.25, -0.2) is 4.79 Å². The van der Waals surface area contributed by atoms with Gasteiger partial charge in [0.05, 0.1) is 5.75 Å². The molecular formula is C11H17N5O2S2. The molecule has 0 aromatic carbocycles. The third-order valence-corrected chi connectivity index (χ3v) is 3.93. The third kappa shape index (κ3) is 6.53. The number of hydrogen-bond acceptors (Lipinski definition) is 7. The molecule has 0 bridgehead atoms. The van der Waals surface area contributed by atoms with E-state index in [4.69, 9.17) is 0 Å². The summed E-state index contributed by atoms with van der Waals surface area (Å²) in [6.45, 7) is 6.67. The summed E-state index contributed by atoms with van der Waals surface area (Å²) < 4.78 is 0.685. The number of imide groups is 1. The van der Waals surface area contributed by atoms with E-state index >= 15 is 0 Å². The normalized spacial score (nSPS) is 9.85. The van der Waals surface area contributed by atoms with Crippen molar-refractivity contribution >= 4 is 40.2 Å². The molecule has 0 atom stereocenters. The van der Waals surface area contributed by atoms with E-state index in [9.17, 15) is 9.59 Å². The Balaban J connectivity index is 2.28. The van der Waals surface area contributed by atoms with Crippen LogP contribution in [0.1, 0.15) is 13.3 Å². The van der Waals surface area contributed by atoms with Gasteiger partial charge >= 0.3 is 6.03 Å². The van der Waals surface area contributed by atoms with E-state index < -0.39 is 6.03 Å². The van der Waals surface area contributed by atoms with Crippen LogP contribution >= 0.6 is 23.1 Å². The number of anilines is 1. The van der Waals surface area contributed by atoms with Gasteiger partial charge in [0.25, 0.3) is 0 Å². The van der Waals surface area contributed by atoms with Crippen molar-refractivity contribution in [2.24, 2.45) is 0 Å². The Morgan fingerprint density at radius 1 is 1.45 bits per heavy atom. The van der Waals surface area contributed by atoms with Gasteiger partial charge in [-0.1, -0.05) is 36.1 Å². The Morgan fingerprint density at radius 3 is 2.95 bits per heavy atom. The molecule has 1 aromatic rings. The van der Waals surface area contributed by atoms with Crippen LogP contribution in [0.2, 0.25) is 0 Å². The van der Waals surface area contributed by atoms with Crippen LogP contribution in [0.4, 0.5) is 9.93 Å². The molecule has 0 saturated heterocycles. The molecule has 1 heterocycles. The number of hydrogen-bond donors (Lipinski definition) is 3. The van der Waals surface area contributed by atoms with E-state index in [1.807, 2.05) is 0 Å². The molecule has 0 saturated carbocycles. The Labute approximate surface area is 125 Å². The van der Waals surface area contributed by atoms with Gasteiger partial charge in [0.2, 0.25) is 11.0 Å². The Morgan fingerprint density at radius 2 is 2.25 bits per heavy atom. The molecule has 7 nitrogen and oxygen atoms in total. The molecule has 0 radical (unpaired) electrons. The van der Waals surface area contributed by atoms with Crippen molar-refractivity contribution in [3.63, 3.8) is 0 Å². The van der Waals surface area contributed by atoms with E-state index in [0.29, 0.717) is 10.9 Å². The van der Waals surface area contributed by atoms with Gasteiger partial charge in [-0.3, -0.25) is 10.1 Å². The van der Waals surface area contributed by atoms with E-state index in [1.165, 1.54) is 29.2 Å². The van der Waals surface area contributed by atoms with Gasteiger partial charge in [-0.2, -0.15) is 0 Å². The lowest BCUT2D eigenvalue weighted by Crippen LogP contribution is -2.40. The third-order valence-electron chi connectivity index (χ3n) is 1.92. The average Bonchev–Trinajstić information content (AvgIpc) is 2.88. The summed E-state index contributed by atoms with van der Waals surface area (Å²) in [5.41, 5.74) is 0. The first-order chi connectivity index (χ1) is 9.65. The second-order valence-electron chi connectivity index (χ2n) is 3.64. The molecule has 20 heavy (non-hydrogen) atoms. The molecule has 3 N–H and O–H groups in total. The predicted molar refractivity (Wildman–Crippen MR) is 81.2 cm³/mol. The quantitative estimate of drug-likeness (QED) is 0.496. The maximum atomic E-state index is 11.5. The first-order valence-electron chi connectivity index (χ1n) is 6.04. The van der Waals surface area contributed by atoms with Crippen molar-refractivity contribution in [3.8, 4) is 0 Å². The highest BCUT2D eigenvalue weighted by molar-refractivity contribution is 8.01. The van der Waals surface area contributed by atoms with Gasteiger partial charge in [0.1, 0.15) is 0 Å². The number of carbonyl (C=O) groups excluding carboxylic acids is 2. The zero-order valence-corrected chi connectivity index (χ0v) is 12.8. The molecule has 9 heteroatoms. The summed E-state index contributed by atoms with van der Waals surface area (Å²) in [6, 6.07) is -0.530. The molecule has 0 aliphatic heterocycles. The highest BCUT2D eigenvalue weighted by Crippen LogP contribution is 2.24. The molecule has 0 spiro atoms. The molecule has 1 rings (SSSR count). The van der Waals surface area contributed by atoms with Gasteiger partial charge in [-0.15, -0.1) is 16.8 Å². The standard InChI is InChI=1S/C11H17N5O2S2/c1-3-5-12-9(18)14-8(17)7-19-11-16-15-10(20-11)13-6-4-2/h3H,1,4-7H2,2H3,(H,13,15)(H2,12,14,17,18). The first kappa shape index (κ1) is 16.4. The average molecular weight is 315 g/mol. The molecule has 1 aromatic heterocycles. The van der Waals surface area contributed by atoms with Crippen molar-refractivity contribution in [2.45, 2.75) is 17.7 Å². The van der Waals surface area contributed by atoms with E-state index in [-0.39, 0.29) is 11.7 Å². The van der Waals surface area contributed by atoms with Crippen LogP contribution in [0.5, 0.6) is 0 Å². The van der Waals surface area contributed by atoms with Crippen molar-refractivity contribution in [1.29, 1.82) is 0 Å². The lowest BCUT2D eigenvalue weighted by atomic mass is 10.5. The maximum Gasteiger partial charge on any atom is 0.321 e. The van der Waals surface area contributed by atoms with Gasteiger partial charge in [-0.05, 0) is 6.42 Å². The molecule has 0 aliphatic rings. The number of thioether (sulfide) groups is 1. The summed E-state index contributed by atoms with van der Waals surface area (Å²) in [7, 11) is 0. The van der Waals surface area contributed by atoms with Crippen LogP contribution in [0.15, 0.2) is 17.0 Å². The number of carbonyl (C=O) groups is 2. The van der Waals surface area contributed by atoms with Crippen molar-refractivity contribution in [2.75, 3.05) is 24.2 Å². The maximum absolute atomic E-state index is 11.5. The van der Waals surface area contributed by atoms with Crippen LogP contribution in [-0.4, -0.2) is 41.0 Å². The number of nitrogens with zero attached hydrogens (tertiary/aromatic N) is 2. The Bertz CT molecular complexity index is 463. The molecular weight excluding hydrogens is 298 g/mol. The van der Waals surface area contributed by atoms with Crippen LogP contribution < -0.4 is 16.0 Å². The first-order valence-corrected chi connectivity index (χ1v) is 7.84. The smallest absolute Gasteiger partial charge is 0.321 e. The second kappa shape index (κ2) is 9.32. The van der Waals surface area contributed by atoms with E-state index in [2.05, 4.69) is 39.7 Å². The number of aromatic nitrogens is 2. The highest BCUT2D eigenvalue weighted by atomic mass is 32.2. The fourth-order valence-electron chi connectivity index (χ4n) is 1.07. The number of nitrogens with one attached hydrogen (secondary N) is 3. The number of urea groups is 1. The van der Waals surface area contributed by atoms with E-state index in [1.54, 1.807) is 0 Å². The zero-order valence-electron chi connectivity index (χ0n) is 11.1. The molecule has 3 amide bonds. The van der Waals surface area contributed by atoms with Crippen molar-refractivity contribution < 1.29 is 9.59 Å². The lowest BCUT2D eigenvalue weighted by Gasteiger charge is -2.03. The molecule has 110 valence electrons. The largest absolute Gasteiger partial charge is 0.360 e. The number of rotatable bonds is 8. The molecule has 0 unspecified atom stereocenters. The van der Waals surface area contributed by atoms with E-state index in [0.717, 1.165) is 18.1 Å². The van der Waals surface area contributed by atoms with Crippen LogP contribution in [0.25, 0.3) is 0 Å². The molecule has 0 aliphatic carbocycles. The second-order valence-corrected chi connectivity index (χ2v) is 5.84. The topological polar surface area (TPSA) is 96.0 Å². The number of amides is 3. The zero-order chi connectivity index (χ0) is 14.8. The SMILES string of the molecule is C=CCNC(=O)NC(=O)CSc1nnc(NCCC)s1. The monoisotopic (exact) mass is 315 g/mol. The summed E-state index contributed by atoms with van der Waals surface area (Å²) >= 11 is 2.62. The summed E-state index contributed by atoms with van der Waals surface area (Å²) in [4.78, 5) is 22.7. The Hall–Kier alpha value is -1.61. The van der Waals surface area contributed by atoms with Crippen LogP contribution in [0, 0.1) is 0 Å². The van der Waals surface area contributed by atoms with Crippen LogP contribution in [0.3, 0.4) is 0 Å². The van der Waals surface area contributed by atoms with Crippen molar-refractivity contribution in [1.82, 2.24) is 20.8 Å². The van der Waals surface area contributed by atoms with Gasteiger partial charge in [0, 0.05) is 13.1 Å². The highest BCUT2D eigenvalue weighted by Gasteiger charge is 2.10.